The highest BCUT2D eigenvalue weighted by Gasteiger charge is 2.39. The summed E-state index contributed by atoms with van der Waals surface area (Å²) < 4.78 is 24.9. The van der Waals surface area contributed by atoms with Crippen molar-refractivity contribution in [3.05, 3.63) is 30.1 Å². The molecule has 0 aliphatic carbocycles. The van der Waals surface area contributed by atoms with Crippen LogP contribution in [0.15, 0.2) is 29.2 Å². The van der Waals surface area contributed by atoms with Gasteiger partial charge >= 0.3 is 0 Å². The molecule has 2 saturated heterocycles. The van der Waals surface area contributed by atoms with Crippen molar-refractivity contribution >= 4 is 11.8 Å². The second-order valence-corrected chi connectivity index (χ2v) is 6.36. The normalized spacial score (nSPS) is 22.4. The monoisotopic (exact) mass is 297 g/mol. The van der Waals surface area contributed by atoms with Crippen LogP contribution in [-0.4, -0.2) is 49.3 Å². The molecule has 0 unspecified atom stereocenters. The van der Waals surface area contributed by atoms with E-state index < -0.39 is 0 Å². The van der Waals surface area contributed by atoms with Gasteiger partial charge in [0.1, 0.15) is 5.82 Å². The molecule has 5 heteroatoms. The Morgan fingerprint density at radius 3 is 2.55 bits per heavy atom. The SMILES string of the molecule is Fc1ccccc1SCCN1CCC2(CC1)OCCO2. The molecule has 0 N–H and O–H groups in total. The van der Waals surface area contributed by atoms with Crippen molar-refractivity contribution in [3.63, 3.8) is 0 Å². The number of hydrogen-bond donors (Lipinski definition) is 0. The number of benzene rings is 1. The molecule has 1 spiro atoms. The highest BCUT2D eigenvalue weighted by atomic mass is 32.2. The van der Waals surface area contributed by atoms with Crippen LogP contribution in [0.2, 0.25) is 0 Å². The molecular formula is C15H20FNO2S. The highest BCUT2D eigenvalue weighted by molar-refractivity contribution is 7.99. The minimum Gasteiger partial charge on any atom is -0.347 e. The van der Waals surface area contributed by atoms with Gasteiger partial charge in [-0.15, -0.1) is 11.8 Å². The molecule has 2 heterocycles. The number of nitrogens with zero attached hydrogens (tertiary/aromatic N) is 1. The number of piperidine rings is 1. The molecule has 2 aliphatic rings. The average Bonchev–Trinajstić information content (AvgIpc) is 2.92. The van der Waals surface area contributed by atoms with E-state index in [9.17, 15) is 4.39 Å². The van der Waals surface area contributed by atoms with Crippen LogP contribution in [0, 0.1) is 5.82 Å². The summed E-state index contributed by atoms with van der Waals surface area (Å²) in [4.78, 5) is 3.15. The zero-order valence-corrected chi connectivity index (χ0v) is 12.3. The Hall–Kier alpha value is -0.620. The predicted molar refractivity (Wildman–Crippen MR) is 77.4 cm³/mol. The first-order valence-corrected chi connectivity index (χ1v) is 8.14. The fourth-order valence-corrected chi connectivity index (χ4v) is 3.70. The molecule has 3 rings (SSSR count). The van der Waals surface area contributed by atoms with E-state index in [-0.39, 0.29) is 11.6 Å². The summed E-state index contributed by atoms with van der Waals surface area (Å²) in [7, 11) is 0. The van der Waals surface area contributed by atoms with Gasteiger partial charge in [-0.3, -0.25) is 0 Å². The molecule has 1 aromatic carbocycles. The van der Waals surface area contributed by atoms with Gasteiger partial charge < -0.3 is 14.4 Å². The Morgan fingerprint density at radius 2 is 1.85 bits per heavy atom. The number of halogens is 1. The number of hydrogen-bond acceptors (Lipinski definition) is 4. The molecule has 2 aliphatic heterocycles. The lowest BCUT2D eigenvalue weighted by molar-refractivity contribution is -0.184. The van der Waals surface area contributed by atoms with Crippen LogP contribution in [0.25, 0.3) is 0 Å². The van der Waals surface area contributed by atoms with E-state index in [1.165, 1.54) is 6.07 Å². The maximum atomic E-state index is 13.5. The lowest BCUT2D eigenvalue weighted by atomic mass is 10.0. The summed E-state index contributed by atoms with van der Waals surface area (Å²) in [5.74, 6) is 0.494. The summed E-state index contributed by atoms with van der Waals surface area (Å²) in [6.45, 7) is 4.43. The minimum absolute atomic E-state index is 0.122. The molecule has 1 aromatic rings. The minimum atomic E-state index is -0.296. The number of thioether (sulfide) groups is 1. The van der Waals surface area contributed by atoms with Crippen molar-refractivity contribution in [3.8, 4) is 0 Å². The third-order valence-corrected chi connectivity index (χ3v) is 4.96. The van der Waals surface area contributed by atoms with E-state index in [1.54, 1.807) is 17.8 Å². The Labute approximate surface area is 123 Å². The molecule has 0 aromatic heterocycles. The van der Waals surface area contributed by atoms with Crippen LogP contribution in [0.5, 0.6) is 0 Å². The van der Waals surface area contributed by atoms with Crippen LogP contribution in [0.1, 0.15) is 12.8 Å². The van der Waals surface area contributed by atoms with Gasteiger partial charge in [-0.2, -0.15) is 0 Å². The molecular weight excluding hydrogens is 277 g/mol. The molecule has 0 radical (unpaired) electrons. The third kappa shape index (κ3) is 3.34. The number of likely N-dealkylation sites (tertiary alicyclic amines) is 1. The maximum absolute atomic E-state index is 13.5. The van der Waals surface area contributed by atoms with Crippen molar-refractivity contribution < 1.29 is 13.9 Å². The van der Waals surface area contributed by atoms with Crippen molar-refractivity contribution in [2.45, 2.75) is 23.5 Å². The molecule has 2 fully saturated rings. The van der Waals surface area contributed by atoms with Gasteiger partial charge in [-0.05, 0) is 12.1 Å². The van der Waals surface area contributed by atoms with Crippen molar-refractivity contribution in [1.82, 2.24) is 4.90 Å². The Balaban J connectivity index is 1.41. The molecule has 20 heavy (non-hydrogen) atoms. The van der Waals surface area contributed by atoms with Crippen molar-refractivity contribution in [2.75, 3.05) is 38.6 Å². The van der Waals surface area contributed by atoms with E-state index in [4.69, 9.17) is 9.47 Å². The molecule has 0 bridgehead atoms. The summed E-state index contributed by atoms with van der Waals surface area (Å²) in [6.07, 6.45) is 1.88. The van der Waals surface area contributed by atoms with Crippen LogP contribution in [0.4, 0.5) is 4.39 Å². The number of rotatable bonds is 4. The van der Waals surface area contributed by atoms with Gasteiger partial charge in [0, 0.05) is 43.1 Å². The summed E-state index contributed by atoms with van der Waals surface area (Å²) in [5.41, 5.74) is 0. The Bertz CT molecular complexity index is 441. The standard InChI is InChI=1S/C15H20FNO2S/c16-13-3-1-2-4-14(13)20-12-9-17-7-5-15(6-8-17)18-10-11-19-15/h1-4H,5-12H2. The first-order valence-electron chi connectivity index (χ1n) is 7.15. The van der Waals surface area contributed by atoms with E-state index in [1.807, 2.05) is 12.1 Å². The van der Waals surface area contributed by atoms with Gasteiger partial charge in [0.05, 0.1) is 13.2 Å². The quantitative estimate of drug-likeness (QED) is 0.797. The van der Waals surface area contributed by atoms with E-state index in [0.717, 1.165) is 56.3 Å². The van der Waals surface area contributed by atoms with Gasteiger partial charge in [-0.1, -0.05) is 12.1 Å². The fourth-order valence-electron chi connectivity index (χ4n) is 2.75. The molecule has 0 atom stereocenters. The zero-order chi connectivity index (χ0) is 13.8. The van der Waals surface area contributed by atoms with Gasteiger partial charge in [0.15, 0.2) is 5.79 Å². The molecule has 110 valence electrons. The second kappa shape index (κ2) is 6.43. The topological polar surface area (TPSA) is 21.7 Å². The summed E-state index contributed by atoms with van der Waals surface area (Å²) >= 11 is 1.59. The van der Waals surface area contributed by atoms with E-state index >= 15 is 0 Å². The summed E-state index contributed by atoms with van der Waals surface area (Å²) in [5, 5.41) is 0. The maximum Gasteiger partial charge on any atom is 0.170 e. The van der Waals surface area contributed by atoms with Crippen LogP contribution in [-0.2, 0) is 9.47 Å². The highest BCUT2D eigenvalue weighted by Crippen LogP contribution is 2.31. The predicted octanol–water partition coefficient (Wildman–Crippen LogP) is 2.76. The molecule has 0 saturated carbocycles. The lowest BCUT2D eigenvalue weighted by Crippen LogP contribution is -2.45. The van der Waals surface area contributed by atoms with E-state index in [0.29, 0.717) is 0 Å². The van der Waals surface area contributed by atoms with Crippen LogP contribution in [0.3, 0.4) is 0 Å². The van der Waals surface area contributed by atoms with Crippen LogP contribution >= 0.6 is 11.8 Å². The molecule has 0 amide bonds. The summed E-state index contributed by atoms with van der Waals surface area (Å²) in [6, 6.07) is 6.96. The first-order chi connectivity index (χ1) is 9.77. The molecule has 3 nitrogen and oxygen atoms in total. The third-order valence-electron chi connectivity index (χ3n) is 3.93. The number of ether oxygens (including phenoxy) is 2. The van der Waals surface area contributed by atoms with Gasteiger partial charge in [-0.25, -0.2) is 4.39 Å². The second-order valence-electron chi connectivity index (χ2n) is 5.23. The lowest BCUT2D eigenvalue weighted by Gasteiger charge is -2.37. The van der Waals surface area contributed by atoms with Crippen molar-refractivity contribution in [2.24, 2.45) is 0 Å². The Morgan fingerprint density at radius 1 is 1.15 bits per heavy atom. The smallest absolute Gasteiger partial charge is 0.170 e. The van der Waals surface area contributed by atoms with Crippen molar-refractivity contribution in [1.29, 1.82) is 0 Å². The zero-order valence-electron chi connectivity index (χ0n) is 11.5. The van der Waals surface area contributed by atoms with Crippen LogP contribution < -0.4 is 0 Å². The fraction of sp³-hybridized carbons (Fsp3) is 0.600. The van der Waals surface area contributed by atoms with Gasteiger partial charge in [0.25, 0.3) is 0 Å². The van der Waals surface area contributed by atoms with E-state index in [2.05, 4.69) is 4.90 Å². The first kappa shape index (κ1) is 14.3. The Kier molecular flexibility index (Phi) is 4.61. The average molecular weight is 297 g/mol. The van der Waals surface area contributed by atoms with Gasteiger partial charge in [0.2, 0.25) is 0 Å². The largest absolute Gasteiger partial charge is 0.347 e.